The van der Waals surface area contributed by atoms with E-state index in [0.717, 1.165) is 33.4 Å². The molecule has 0 aliphatic rings. The minimum atomic E-state index is -4.74. The fourth-order valence-corrected chi connectivity index (χ4v) is 4.74. The number of ether oxygens (including phenoxy) is 3. The van der Waals surface area contributed by atoms with Crippen LogP contribution in [0.4, 0.5) is 13.2 Å². The van der Waals surface area contributed by atoms with Crippen LogP contribution in [0.25, 0.3) is 22.3 Å². The lowest BCUT2D eigenvalue weighted by atomic mass is 9.97. The van der Waals surface area contributed by atoms with Crippen molar-refractivity contribution in [3.8, 4) is 33.9 Å². The Morgan fingerprint density at radius 3 is 1.73 bits per heavy atom. The van der Waals surface area contributed by atoms with Crippen LogP contribution in [0.1, 0.15) is 34.1 Å². The van der Waals surface area contributed by atoms with E-state index in [0.29, 0.717) is 12.8 Å². The topological polar surface area (TPSA) is 86.3 Å². The number of hydrogen-bond acceptors (Lipinski definition) is 6. The number of carbonyl (C=O) groups excluding carboxylic acids is 1. The molecule has 5 aromatic rings. The van der Waals surface area contributed by atoms with Gasteiger partial charge >= 0.3 is 12.3 Å². The van der Waals surface area contributed by atoms with Crippen molar-refractivity contribution in [3.05, 3.63) is 119 Å². The summed E-state index contributed by atoms with van der Waals surface area (Å²) in [4.78, 5) is 12.4. The van der Waals surface area contributed by atoms with Crippen molar-refractivity contribution in [2.24, 2.45) is 0 Å². The first kappa shape index (κ1) is 30.3. The first-order chi connectivity index (χ1) is 21.2. The van der Waals surface area contributed by atoms with Gasteiger partial charge in [0.15, 0.2) is 0 Å². The summed E-state index contributed by atoms with van der Waals surface area (Å²) in [7, 11) is 0. The molecule has 1 atom stereocenters. The highest BCUT2D eigenvalue weighted by Crippen LogP contribution is 2.28. The second-order valence-corrected chi connectivity index (χ2v) is 10.2. The zero-order valence-corrected chi connectivity index (χ0v) is 24.1. The van der Waals surface area contributed by atoms with Crippen LogP contribution in [-0.2, 0) is 17.6 Å². The van der Waals surface area contributed by atoms with Crippen molar-refractivity contribution >= 4 is 5.97 Å². The Bertz CT molecular complexity index is 1670. The summed E-state index contributed by atoms with van der Waals surface area (Å²) in [5.74, 6) is -0.827. The second-order valence-electron chi connectivity index (χ2n) is 10.2. The van der Waals surface area contributed by atoms with Crippen LogP contribution in [0, 0.1) is 6.92 Å². The average molecular weight is 602 g/mol. The Balaban J connectivity index is 1.34. The molecule has 0 aliphatic heterocycles. The van der Waals surface area contributed by atoms with E-state index in [4.69, 9.17) is 9.47 Å². The van der Waals surface area contributed by atoms with Crippen molar-refractivity contribution in [1.29, 1.82) is 0 Å². The maximum Gasteiger partial charge on any atom is 0.573 e. The fourth-order valence-electron chi connectivity index (χ4n) is 4.74. The van der Waals surface area contributed by atoms with E-state index in [1.807, 2.05) is 24.3 Å². The number of nitrogens with one attached hydrogen (secondary N) is 1. The van der Waals surface area contributed by atoms with Gasteiger partial charge in [0.1, 0.15) is 11.9 Å². The number of rotatable bonds is 11. The number of alkyl halides is 3. The third-order valence-electron chi connectivity index (χ3n) is 6.92. The summed E-state index contributed by atoms with van der Waals surface area (Å²) >= 11 is 0. The summed E-state index contributed by atoms with van der Waals surface area (Å²) in [5.41, 5.74) is 7.02. The zero-order chi connectivity index (χ0) is 31.1. The van der Waals surface area contributed by atoms with Gasteiger partial charge in [-0.25, -0.2) is 9.89 Å². The SMILES string of the molecule is CCOC(=O)c1[nH]nnc1OC(Cc1ccc(-c2ccc(C)cc2)cc1)Cc1ccc(-c2ccc(OC(F)(F)F)cc2)cc1. The Kier molecular flexibility index (Phi) is 9.28. The molecule has 7 nitrogen and oxygen atoms in total. The molecule has 0 fully saturated rings. The monoisotopic (exact) mass is 601 g/mol. The first-order valence-electron chi connectivity index (χ1n) is 14.0. The van der Waals surface area contributed by atoms with Crippen LogP contribution >= 0.6 is 0 Å². The highest BCUT2D eigenvalue weighted by molar-refractivity contribution is 5.89. The molecule has 1 N–H and O–H groups in total. The van der Waals surface area contributed by atoms with Gasteiger partial charge in [-0.15, -0.1) is 13.2 Å². The zero-order valence-electron chi connectivity index (χ0n) is 24.1. The number of aryl methyl sites for hydroxylation is 1. The number of esters is 1. The van der Waals surface area contributed by atoms with Gasteiger partial charge in [0, 0.05) is 12.8 Å². The molecule has 1 unspecified atom stereocenters. The van der Waals surface area contributed by atoms with Crippen molar-refractivity contribution in [3.63, 3.8) is 0 Å². The molecule has 0 amide bonds. The Morgan fingerprint density at radius 2 is 1.25 bits per heavy atom. The van der Waals surface area contributed by atoms with E-state index in [1.165, 1.54) is 17.7 Å². The van der Waals surface area contributed by atoms with Crippen molar-refractivity contribution < 1.29 is 32.2 Å². The van der Waals surface area contributed by atoms with Gasteiger partial charge in [-0.3, -0.25) is 0 Å². The van der Waals surface area contributed by atoms with Gasteiger partial charge in [0.2, 0.25) is 5.69 Å². The minimum absolute atomic E-state index is 0.0415. The lowest BCUT2D eigenvalue weighted by Crippen LogP contribution is -2.24. The van der Waals surface area contributed by atoms with Gasteiger partial charge in [-0.2, -0.15) is 0 Å². The predicted octanol–water partition coefficient (Wildman–Crippen LogP) is 7.76. The Morgan fingerprint density at radius 1 is 0.773 bits per heavy atom. The minimum Gasteiger partial charge on any atom is -0.471 e. The summed E-state index contributed by atoms with van der Waals surface area (Å²) in [6, 6.07) is 29.9. The summed E-state index contributed by atoms with van der Waals surface area (Å²) in [5, 5.41) is 10.3. The van der Waals surface area contributed by atoms with Gasteiger partial charge in [0.25, 0.3) is 5.88 Å². The molecule has 0 saturated heterocycles. The molecular formula is C34H30F3N3O4. The fraction of sp³-hybridized carbons (Fsp3) is 0.206. The van der Waals surface area contributed by atoms with Crippen molar-refractivity contribution in [2.45, 2.75) is 39.2 Å². The normalized spacial score (nSPS) is 12.0. The lowest BCUT2D eigenvalue weighted by Gasteiger charge is -2.19. The average Bonchev–Trinajstić information content (AvgIpc) is 3.46. The van der Waals surface area contributed by atoms with Crippen LogP contribution < -0.4 is 9.47 Å². The van der Waals surface area contributed by atoms with Gasteiger partial charge in [0.05, 0.1) is 6.61 Å². The number of H-pyrrole nitrogens is 1. The second kappa shape index (κ2) is 13.5. The summed E-state index contributed by atoms with van der Waals surface area (Å²) in [6.07, 6.45) is -4.16. The Labute approximate surface area is 252 Å². The number of aromatic amines is 1. The van der Waals surface area contributed by atoms with Crippen molar-refractivity contribution in [2.75, 3.05) is 6.61 Å². The van der Waals surface area contributed by atoms with E-state index in [9.17, 15) is 18.0 Å². The molecule has 0 spiro atoms. The molecule has 1 heterocycles. The number of benzene rings is 4. The van der Waals surface area contributed by atoms with Crippen LogP contribution in [-0.4, -0.2) is 40.5 Å². The predicted molar refractivity (Wildman–Crippen MR) is 159 cm³/mol. The van der Waals surface area contributed by atoms with Gasteiger partial charge in [-0.1, -0.05) is 101 Å². The van der Waals surface area contributed by atoms with Gasteiger partial charge in [-0.05, 0) is 59.4 Å². The van der Waals surface area contributed by atoms with E-state index >= 15 is 0 Å². The molecular weight excluding hydrogens is 571 g/mol. The number of nitrogens with zero attached hydrogens (tertiary/aromatic N) is 2. The molecule has 4 aromatic carbocycles. The maximum atomic E-state index is 12.5. The molecule has 0 aliphatic carbocycles. The lowest BCUT2D eigenvalue weighted by molar-refractivity contribution is -0.274. The first-order valence-corrected chi connectivity index (χ1v) is 14.0. The molecule has 44 heavy (non-hydrogen) atoms. The number of aromatic nitrogens is 3. The molecule has 5 rings (SSSR count). The Hall–Kier alpha value is -5.12. The quantitative estimate of drug-likeness (QED) is 0.156. The molecule has 1 aromatic heterocycles. The molecule has 0 saturated carbocycles. The highest BCUT2D eigenvalue weighted by Gasteiger charge is 2.31. The van der Waals surface area contributed by atoms with E-state index in [-0.39, 0.29) is 23.9 Å². The van der Waals surface area contributed by atoms with E-state index in [1.54, 1.807) is 19.1 Å². The highest BCUT2D eigenvalue weighted by atomic mass is 19.4. The van der Waals surface area contributed by atoms with Crippen LogP contribution in [0.3, 0.4) is 0 Å². The summed E-state index contributed by atoms with van der Waals surface area (Å²) < 4.78 is 52.8. The van der Waals surface area contributed by atoms with E-state index in [2.05, 4.69) is 75.6 Å². The smallest absolute Gasteiger partial charge is 0.471 e. The maximum absolute atomic E-state index is 12.5. The largest absolute Gasteiger partial charge is 0.573 e. The molecule has 10 heteroatoms. The van der Waals surface area contributed by atoms with Crippen LogP contribution in [0.2, 0.25) is 0 Å². The van der Waals surface area contributed by atoms with Crippen LogP contribution in [0.15, 0.2) is 97.1 Å². The molecule has 0 radical (unpaired) electrons. The molecule has 0 bridgehead atoms. The van der Waals surface area contributed by atoms with Crippen LogP contribution in [0.5, 0.6) is 11.6 Å². The third-order valence-corrected chi connectivity index (χ3v) is 6.92. The van der Waals surface area contributed by atoms with Crippen molar-refractivity contribution in [1.82, 2.24) is 15.4 Å². The number of carbonyl (C=O) groups is 1. The van der Waals surface area contributed by atoms with Gasteiger partial charge < -0.3 is 14.2 Å². The third kappa shape index (κ3) is 8.03. The number of hydrogen-bond donors (Lipinski definition) is 1. The summed E-state index contributed by atoms with van der Waals surface area (Å²) in [6.45, 7) is 3.95. The number of halogens is 3. The van der Waals surface area contributed by atoms with E-state index < -0.39 is 18.4 Å². The standard InChI is InChI=1S/C34H30F3N3O4/c1-3-42-33(41)31-32(39-40-38-31)43-30(20-23-6-12-26(13-7-23)25-10-4-22(2)5-11-25)21-24-8-14-27(15-9-24)28-16-18-29(19-17-28)44-34(35,36)37/h4-19,30H,3,20-21H2,1-2H3,(H,38,39,40). The molecule has 226 valence electrons.